The molecule has 0 aliphatic heterocycles. The molecule has 0 heterocycles. The van der Waals surface area contributed by atoms with Crippen LogP contribution < -0.4 is 0 Å². The Morgan fingerprint density at radius 1 is 1.20 bits per heavy atom. The second-order valence-corrected chi connectivity index (χ2v) is 5.77. The molecule has 15 heavy (non-hydrogen) atoms. The molecule has 84 valence electrons. The second kappa shape index (κ2) is 3.50. The third-order valence-electron chi connectivity index (χ3n) is 5.15. The van der Waals surface area contributed by atoms with Crippen molar-refractivity contribution in [3.05, 3.63) is 0 Å². The van der Waals surface area contributed by atoms with E-state index in [4.69, 9.17) is 4.74 Å². The summed E-state index contributed by atoms with van der Waals surface area (Å²) in [6.45, 7) is 0. The molecule has 2 nitrogen and oxygen atoms in total. The third kappa shape index (κ3) is 1.49. The van der Waals surface area contributed by atoms with Crippen molar-refractivity contribution in [2.24, 2.45) is 29.6 Å². The van der Waals surface area contributed by atoms with E-state index in [9.17, 15) is 4.79 Å². The van der Waals surface area contributed by atoms with E-state index in [1.807, 2.05) is 0 Å². The Kier molecular flexibility index (Phi) is 2.26. The first kappa shape index (κ1) is 9.68. The van der Waals surface area contributed by atoms with Crippen LogP contribution in [0.4, 0.5) is 0 Å². The van der Waals surface area contributed by atoms with Crippen molar-refractivity contribution in [3.63, 3.8) is 0 Å². The Balaban J connectivity index is 1.61. The molecule has 0 radical (unpaired) electrons. The van der Waals surface area contributed by atoms with E-state index >= 15 is 0 Å². The highest BCUT2D eigenvalue weighted by molar-refractivity contribution is 5.69. The number of hydrogen-bond donors (Lipinski definition) is 0. The average molecular weight is 208 g/mol. The van der Waals surface area contributed by atoms with Gasteiger partial charge in [-0.15, -0.1) is 0 Å². The fraction of sp³-hybridized carbons (Fsp3) is 0.923. The van der Waals surface area contributed by atoms with Gasteiger partial charge in [0.05, 0.1) is 7.11 Å². The van der Waals surface area contributed by atoms with Gasteiger partial charge in [0.25, 0.3) is 0 Å². The van der Waals surface area contributed by atoms with E-state index in [0.717, 1.165) is 36.0 Å². The van der Waals surface area contributed by atoms with Crippen LogP contribution in [0.2, 0.25) is 0 Å². The van der Waals surface area contributed by atoms with E-state index in [0.29, 0.717) is 6.42 Å². The predicted molar refractivity (Wildman–Crippen MR) is 57.2 cm³/mol. The first-order valence-corrected chi connectivity index (χ1v) is 6.34. The molecule has 0 saturated heterocycles. The molecule has 4 saturated carbocycles. The van der Waals surface area contributed by atoms with E-state index in [1.54, 1.807) is 0 Å². The van der Waals surface area contributed by atoms with Gasteiger partial charge in [-0.3, -0.25) is 4.79 Å². The van der Waals surface area contributed by atoms with Crippen molar-refractivity contribution in [2.75, 3.05) is 7.11 Å². The number of methoxy groups -OCH3 is 1. The highest BCUT2D eigenvalue weighted by Gasteiger charge is 2.53. The van der Waals surface area contributed by atoms with Crippen molar-refractivity contribution in [1.82, 2.24) is 0 Å². The minimum Gasteiger partial charge on any atom is -0.469 e. The molecule has 4 aliphatic carbocycles. The van der Waals surface area contributed by atoms with Crippen LogP contribution in [-0.2, 0) is 9.53 Å². The van der Waals surface area contributed by atoms with Crippen molar-refractivity contribution < 1.29 is 9.53 Å². The van der Waals surface area contributed by atoms with Gasteiger partial charge in [-0.25, -0.2) is 0 Å². The van der Waals surface area contributed by atoms with Crippen LogP contribution in [0.25, 0.3) is 0 Å². The number of ether oxygens (including phenoxy) is 1. The maximum Gasteiger partial charge on any atom is 0.305 e. The van der Waals surface area contributed by atoms with Gasteiger partial charge in [-0.1, -0.05) is 0 Å². The van der Waals surface area contributed by atoms with Gasteiger partial charge in [-0.2, -0.15) is 0 Å². The lowest BCUT2D eigenvalue weighted by molar-refractivity contribution is -0.141. The van der Waals surface area contributed by atoms with Gasteiger partial charge < -0.3 is 4.74 Å². The minimum absolute atomic E-state index is 0.0210. The summed E-state index contributed by atoms with van der Waals surface area (Å²) in [6.07, 6.45) is 7.62. The van der Waals surface area contributed by atoms with Crippen LogP contribution in [0.3, 0.4) is 0 Å². The lowest BCUT2D eigenvalue weighted by Gasteiger charge is -2.31. The van der Waals surface area contributed by atoms with Crippen molar-refractivity contribution in [2.45, 2.75) is 38.5 Å². The summed E-state index contributed by atoms with van der Waals surface area (Å²) < 4.78 is 4.73. The van der Waals surface area contributed by atoms with Crippen LogP contribution in [0.1, 0.15) is 38.5 Å². The third-order valence-corrected chi connectivity index (χ3v) is 5.15. The first-order chi connectivity index (χ1) is 7.28. The molecule has 5 unspecified atom stereocenters. The second-order valence-electron chi connectivity index (χ2n) is 5.77. The number of esters is 1. The quantitative estimate of drug-likeness (QED) is 0.666. The summed E-state index contributed by atoms with van der Waals surface area (Å²) in [5.41, 5.74) is 0. The molecule has 4 fully saturated rings. The van der Waals surface area contributed by atoms with Crippen LogP contribution >= 0.6 is 0 Å². The summed E-state index contributed by atoms with van der Waals surface area (Å²) in [7, 11) is 1.49. The average Bonchev–Trinajstić information content (AvgIpc) is 2.65. The van der Waals surface area contributed by atoms with Crippen LogP contribution in [0.5, 0.6) is 0 Å². The first-order valence-electron chi connectivity index (χ1n) is 6.34. The highest BCUT2D eigenvalue weighted by atomic mass is 16.5. The Bertz CT molecular complexity index is 270. The van der Waals surface area contributed by atoms with E-state index in [2.05, 4.69) is 0 Å². The topological polar surface area (TPSA) is 26.3 Å². The number of hydrogen-bond acceptors (Lipinski definition) is 2. The number of carbonyl (C=O) groups is 1. The zero-order valence-electron chi connectivity index (χ0n) is 9.45. The van der Waals surface area contributed by atoms with Crippen molar-refractivity contribution in [1.29, 1.82) is 0 Å². The Labute approximate surface area is 91.4 Å². The molecule has 4 bridgehead atoms. The summed E-state index contributed by atoms with van der Waals surface area (Å²) in [5, 5.41) is 0. The van der Waals surface area contributed by atoms with Gasteiger partial charge in [-0.05, 0) is 61.7 Å². The lowest BCUT2D eigenvalue weighted by atomic mass is 9.74. The van der Waals surface area contributed by atoms with Gasteiger partial charge in [0.15, 0.2) is 0 Å². The molecule has 0 amide bonds. The Morgan fingerprint density at radius 3 is 2.73 bits per heavy atom. The molecule has 4 rings (SSSR count). The van der Waals surface area contributed by atoms with Crippen LogP contribution in [0.15, 0.2) is 0 Å². The minimum atomic E-state index is -0.0210. The summed E-state index contributed by atoms with van der Waals surface area (Å²) in [6, 6.07) is 0. The van der Waals surface area contributed by atoms with E-state index in [-0.39, 0.29) is 5.97 Å². The largest absolute Gasteiger partial charge is 0.469 e. The van der Waals surface area contributed by atoms with Crippen LogP contribution in [-0.4, -0.2) is 13.1 Å². The molecule has 0 spiro atoms. The zero-order valence-corrected chi connectivity index (χ0v) is 9.45. The number of rotatable bonds is 3. The zero-order chi connectivity index (χ0) is 10.4. The monoisotopic (exact) mass is 208 g/mol. The lowest BCUT2D eigenvalue weighted by Crippen LogP contribution is -2.23. The molecule has 2 heteroatoms. The van der Waals surface area contributed by atoms with Gasteiger partial charge in [0.2, 0.25) is 0 Å². The fourth-order valence-corrected chi connectivity index (χ4v) is 4.71. The van der Waals surface area contributed by atoms with Crippen LogP contribution in [0, 0.1) is 29.6 Å². The van der Waals surface area contributed by atoms with Gasteiger partial charge in [0, 0.05) is 6.42 Å². The molecule has 5 atom stereocenters. The predicted octanol–water partition coefficient (Wildman–Crippen LogP) is 2.62. The fourth-order valence-electron chi connectivity index (χ4n) is 4.71. The summed E-state index contributed by atoms with van der Waals surface area (Å²) in [5.74, 6) is 4.83. The Morgan fingerprint density at radius 2 is 2.00 bits per heavy atom. The molecular formula is C13H20O2. The molecule has 0 N–H and O–H groups in total. The molecule has 0 aromatic carbocycles. The maximum absolute atomic E-state index is 11.2. The molecule has 0 aromatic rings. The normalized spacial score (nSPS) is 46.1. The number of carbonyl (C=O) groups excluding carboxylic acids is 1. The van der Waals surface area contributed by atoms with Crippen molar-refractivity contribution in [3.8, 4) is 0 Å². The van der Waals surface area contributed by atoms with Gasteiger partial charge >= 0.3 is 5.97 Å². The Hall–Kier alpha value is -0.530. The SMILES string of the molecule is COC(=O)CCC1C2CC3CC(C2)C1C3. The molecular weight excluding hydrogens is 188 g/mol. The summed E-state index contributed by atoms with van der Waals surface area (Å²) in [4.78, 5) is 11.2. The van der Waals surface area contributed by atoms with Crippen molar-refractivity contribution >= 4 is 5.97 Å². The van der Waals surface area contributed by atoms with E-state index in [1.165, 1.54) is 32.8 Å². The smallest absolute Gasteiger partial charge is 0.305 e. The summed E-state index contributed by atoms with van der Waals surface area (Å²) >= 11 is 0. The molecule has 0 aromatic heterocycles. The highest BCUT2D eigenvalue weighted by Crippen LogP contribution is 2.61. The maximum atomic E-state index is 11.2. The van der Waals surface area contributed by atoms with Gasteiger partial charge in [0.1, 0.15) is 0 Å². The van der Waals surface area contributed by atoms with E-state index < -0.39 is 0 Å². The molecule has 4 aliphatic rings. The standard InChI is InChI=1S/C13H20O2/c1-15-13(14)3-2-11-9-4-8-5-10(7-9)12(11)6-8/h8-12H,2-7H2,1H3.